The number of rotatable bonds is 18. The molecule has 0 fully saturated rings. The Morgan fingerprint density at radius 1 is 0.490 bits per heavy atom. The molecule has 0 amide bonds. The first kappa shape index (κ1) is 35.9. The highest BCUT2D eigenvalue weighted by atomic mass is 16.5. The molecular weight excluding hydrogens is 628 g/mol. The lowest BCUT2D eigenvalue weighted by Gasteiger charge is -2.12. The lowest BCUT2D eigenvalue weighted by atomic mass is 10.1. The van der Waals surface area contributed by atoms with Crippen LogP contribution in [0.25, 0.3) is 12.2 Å². The fraction of sp³-hybridized carbons (Fsp3) is 0.231. The van der Waals surface area contributed by atoms with E-state index in [2.05, 4.69) is 0 Å². The summed E-state index contributed by atoms with van der Waals surface area (Å²) in [5.41, 5.74) is 2.52. The third-order valence-electron chi connectivity index (χ3n) is 7.33. The summed E-state index contributed by atoms with van der Waals surface area (Å²) in [5.74, 6) is 3.96. The van der Waals surface area contributed by atoms with Crippen molar-refractivity contribution in [1.82, 2.24) is 0 Å². The summed E-state index contributed by atoms with van der Waals surface area (Å²) in [5, 5.41) is 0. The van der Waals surface area contributed by atoms with Crippen molar-refractivity contribution in [2.45, 2.75) is 6.42 Å². The number of carbonyl (C=O) groups excluding carboxylic acids is 2. The minimum absolute atomic E-state index is 0.156. The van der Waals surface area contributed by atoms with Crippen molar-refractivity contribution < 1.29 is 47.5 Å². The predicted octanol–water partition coefficient (Wildman–Crippen LogP) is 7.38. The van der Waals surface area contributed by atoms with Gasteiger partial charge in [-0.25, -0.2) is 0 Å². The molecule has 0 saturated carbocycles. The summed E-state index contributed by atoms with van der Waals surface area (Å²) in [7, 11) is 9.23. The largest absolute Gasteiger partial charge is 0.493 e. The van der Waals surface area contributed by atoms with Crippen molar-refractivity contribution in [3.8, 4) is 46.0 Å². The highest BCUT2D eigenvalue weighted by Crippen LogP contribution is 2.39. The molecule has 4 aromatic rings. The van der Waals surface area contributed by atoms with Gasteiger partial charge in [0, 0.05) is 17.5 Å². The van der Waals surface area contributed by atoms with Crippen LogP contribution in [0.3, 0.4) is 0 Å². The van der Waals surface area contributed by atoms with Crippen molar-refractivity contribution in [2.24, 2.45) is 0 Å². The maximum Gasteiger partial charge on any atom is 0.203 e. The number of ketones is 2. The molecule has 256 valence electrons. The van der Waals surface area contributed by atoms with Crippen LogP contribution in [-0.4, -0.2) is 67.4 Å². The second-order valence-corrected chi connectivity index (χ2v) is 10.4. The van der Waals surface area contributed by atoms with Gasteiger partial charge in [-0.2, -0.15) is 0 Å². The Morgan fingerprint density at radius 3 is 1.10 bits per heavy atom. The number of benzene rings is 4. The van der Waals surface area contributed by atoms with Crippen LogP contribution in [0.5, 0.6) is 46.0 Å². The van der Waals surface area contributed by atoms with E-state index < -0.39 is 0 Å². The standard InChI is InChI=1S/C39H40O10/c1-42-34-22-26(23-35(43-2)38(34)46-5)8-18-32(40)28-10-14-30(15-11-28)48-20-7-21-49-31-16-12-29(13-17-31)33(41)19-9-27-24-36(44-3)39(47-6)37(25-27)45-4/h8-19,22-25H,7,20-21H2,1-6H3/b18-8+,19-9+. The van der Waals surface area contributed by atoms with E-state index in [4.69, 9.17) is 37.9 Å². The number of methoxy groups -OCH3 is 6. The van der Waals surface area contributed by atoms with Crippen LogP contribution in [0.1, 0.15) is 38.3 Å². The first-order chi connectivity index (χ1) is 23.8. The van der Waals surface area contributed by atoms with Gasteiger partial charge < -0.3 is 37.9 Å². The summed E-state index contributed by atoms with van der Waals surface area (Å²) in [6.45, 7) is 0.854. The van der Waals surface area contributed by atoms with Gasteiger partial charge in [0.15, 0.2) is 34.6 Å². The molecule has 0 aliphatic rings. The molecule has 0 aliphatic heterocycles. The molecule has 0 radical (unpaired) electrons. The maximum absolute atomic E-state index is 12.7. The van der Waals surface area contributed by atoms with Gasteiger partial charge in [0.1, 0.15) is 11.5 Å². The molecule has 0 aromatic heterocycles. The number of ether oxygens (including phenoxy) is 8. The Morgan fingerprint density at radius 2 is 0.816 bits per heavy atom. The second kappa shape index (κ2) is 17.9. The van der Waals surface area contributed by atoms with Gasteiger partial charge in [0.2, 0.25) is 11.5 Å². The fourth-order valence-corrected chi connectivity index (χ4v) is 4.80. The predicted molar refractivity (Wildman–Crippen MR) is 187 cm³/mol. The van der Waals surface area contributed by atoms with E-state index in [1.807, 2.05) is 0 Å². The normalized spacial score (nSPS) is 10.9. The van der Waals surface area contributed by atoms with Crippen molar-refractivity contribution >= 4 is 23.7 Å². The van der Waals surface area contributed by atoms with Gasteiger partial charge in [0.25, 0.3) is 0 Å². The van der Waals surface area contributed by atoms with E-state index >= 15 is 0 Å². The fourth-order valence-electron chi connectivity index (χ4n) is 4.80. The van der Waals surface area contributed by atoms with Crippen molar-refractivity contribution in [3.05, 3.63) is 107 Å². The van der Waals surface area contributed by atoms with E-state index in [9.17, 15) is 9.59 Å². The van der Waals surface area contributed by atoms with E-state index in [0.29, 0.717) is 76.8 Å². The molecule has 0 N–H and O–H groups in total. The molecule has 10 heteroatoms. The van der Waals surface area contributed by atoms with Gasteiger partial charge in [-0.15, -0.1) is 0 Å². The van der Waals surface area contributed by atoms with E-state index in [0.717, 1.165) is 11.1 Å². The summed E-state index contributed by atoms with van der Waals surface area (Å²) in [6.07, 6.45) is 7.00. The first-order valence-corrected chi connectivity index (χ1v) is 15.3. The third-order valence-corrected chi connectivity index (χ3v) is 7.33. The molecular formula is C39H40O10. The topological polar surface area (TPSA) is 108 Å². The number of carbonyl (C=O) groups is 2. The van der Waals surface area contributed by atoms with Crippen molar-refractivity contribution in [2.75, 3.05) is 55.9 Å². The van der Waals surface area contributed by atoms with Gasteiger partial charge in [-0.1, -0.05) is 12.2 Å². The molecule has 0 spiro atoms. The average molecular weight is 669 g/mol. The molecule has 4 aromatic carbocycles. The molecule has 4 rings (SSSR count). The van der Waals surface area contributed by atoms with Crippen LogP contribution in [0.15, 0.2) is 84.9 Å². The van der Waals surface area contributed by atoms with Crippen LogP contribution in [0.2, 0.25) is 0 Å². The number of hydrogen-bond donors (Lipinski definition) is 0. The zero-order valence-electron chi connectivity index (χ0n) is 28.4. The lowest BCUT2D eigenvalue weighted by Crippen LogP contribution is -2.05. The SMILES string of the molecule is COc1cc(/C=C/C(=O)c2ccc(OCCCOc3ccc(C(=O)/C=C/c4cc(OC)c(OC)c(OC)c4)cc3)cc2)cc(OC)c1OC. The van der Waals surface area contributed by atoms with Gasteiger partial charge in [0.05, 0.1) is 55.9 Å². The smallest absolute Gasteiger partial charge is 0.203 e. The summed E-state index contributed by atoms with van der Waals surface area (Å²) in [4.78, 5) is 25.5. The van der Waals surface area contributed by atoms with Gasteiger partial charge in [-0.05, 0) is 96.1 Å². The maximum atomic E-state index is 12.7. The molecule has 10 nitrogen and oxygen atoms in total. The average Bonchev–Trinajstić information content (AvgIpc) is 3.15. The Bertz CT molecular complexity index is 1590. The van der Waals surface area contributed by atoms with Crippen LogP contribution < -0.4 is 37.9 Å². The zero-order valence-corrected chi connectivity index (χ0v) is 28.4. The van der Waals surface area contributed by atoms with Crippen molar-refractivity contribution in [3.63, 3.8) is 0 Å². The number of hydrogen-bond acceptors (Lipinski definition) is 10. The Balaban J connectivity index is 1.22. The zero-order chi connectivity index (χ0) is 35.2. The summed E-state index contributed by atoms with van der Waals surface area (Å²) < 4.78 is 43.8. The Labute approximate surface area is 286 Å². The lowest BCUT2D eigenvalue weighted by molar-refractivity contribution is 0.103. The molecule has 0 heterocycles. The van der Waals surface area contributed by atoms with Gasteiger partial charge >= 0.3 is 0 Å². The number of allylic oxidation sites excluding steroid dienone is 2. The summed E-state index contributed by atoms with van der Waals surface area (Å²) in [6, 6.07) is 21.0. The molecule has 49 heavy (non-hydrogen) atoms. The minimum Gasteiger partial charge on any atom is -0.493 e. The molecule has 0 atom stereocenters. The van der Waals surface area contributed by atoms with E-state index in [1.54, 1.807) is 84.9 Å². The van der Waals surface area contributed by atoms with Crippen molar-refractivity contribution in [1.29, 1.82) is 0 Å². The van der Waals surface area contributed by atoms with Crippen LogP contribution in [0, 0.1) is 0 Å². The monoisotopic (exact) mass is 668 g/mol. The molecule has 0 unspecified atom stereocenters. The Kier molecular flexibility index (Phi) is 13.1. The Hall–Kier alpha value is -5.90. The quantitative estimate of drug-likeness (QED) is 0.0606. The van der Waals surface area contributed by atoms with Crippen LogP contribution in [0.4, 0.5) is 0 Å². The second-order valence-electron chi connectivity index (χ2n) is 10.4. The highest BCUT2D eigenvalue weighted by Gasteiger charge is 2.14. The first-order valence-electron chi connectivity index (χ1n) is 15.3. The van der Waals surface area contributed by atoms with E-state index in [1.165, 1.54) is 54.8 Å². The van der Waals surface area contributed by atoms with E-state index in [-0.39, 0.29) is 11.6 Å². The highest BCUT2D eigenvalue weighted by molar-refractivity contribution is 6.07. The van der Waals surface area contributed by atoms with Gasteiger partial charge in [-0.3, -0.25) is 9.59 Å². The molecule has 0 aliphatic carbocycles. The summed E-state index contributed by atoms with van der Waals surface area (Å²) >= 11 is 0. The molecule has 0 bridgehead atoms. The third kappa shape index (κ3) is 9.57. The molecule has 0 saturated heterocycles. The minimum atomic E-state index is -0.156. The van der Waals surface area contributed by atoms with Crippen LogP contribution in [-0.2, 0) is 0 Å². The van der Waals surface area contributed by atoms with Crippen LogP contribution >= 0.6 is 0 Å².